The van der Waals surface area contributed by atoms with Gasteiger partial charge in [0.15, 0.2) is 5.78 Å². The summed E-state index contributed by atoms with van der Waals surface area (Å²) in [6.45, 7) is 0.377. The topological polar surface area (TPSA) is 68.2 Å². The van der Waals surface area contributed by atoms with E-state index in [1.807, 2.05) is 36.4 Å². The van der Waals surface area contributed by atoms with Crippen LogP contribution >= 0.6 is 0 Å². The molecule has 0 aliphatic heterocycles. The summed E-state index contributed by atoms with van der Waals surface area (Å²) in [5.74, 6) is -0.654. The molecule has 0 bridgehead atoms. The van der Waals surface area contributed by atoms with Crippen molar-refractivity contribution >= 4 is 17.4 Å². The first-order chi connectivity index (χ1) is 15.1. The first-order valence-electron chi connectivity index (χ1n) is 9.86. The number of rotatable bonds is 6. The average Bonchev–Trinajstić information content (AvgIpc) is 2.81. The molecule has 1 heterocycles. The van der Waals surface area contributed by atoms with Gasteiger partial charge in [-0.1, -0.05) is 72.8 Å². The number of carbonyl (C=O) groups is 2. The first kappa shape index (κ1) is 20.0. The Balaban J connectivity index is 1.54. The summed E-state index contributed by atoms with van der Waals surface area (Å²) in [6.07, 6.45) is 1.66. The van der Waals surface area contributed by atoms with Crippen LogP contribution in [0, 0.1) is 0 Å². The van der Waals surface area contributed by atoms with Crippen LogP contribution in [0.5, 0.6) is 0 Å². The largest absolute Gasteiger partial charge is 0.322 e. The van der Waals surface area contributed by atoms with Crippen molar-refractivity contribution in [1.29, 1.82) is 0 Å². The van der Waals surface area contributed by atoms with Gasteiger partial charge in [-0.25, -0.2) is 0 Å². The maximum Gasteiger partial charge on any atom is 0.263 e. The highest BCUT2D eigenvalue weighted by Crippen LogP contribution is 2.15. The normalized spacial score (nSPS) is 10.5. The smallest absolute Gasteiger partial charge is 0.263 e. The van der Waals surface area contributed by atoms with E-state index >= 15 is 0 Å². The quantitative estimate of drug-likeness (QED) is 0.482. The molecule has 1 amide bonds. The van der Waals surface area contributed by atoms with Crippen LogP contribution < -0.4 is 10.9 Å². The molecule has 0 radical (unpaired) electrons. The molecule has 0 saturated heterocycles. The number of nitrogens with one attached hydrogen (secondary N) is 1. The van der Waals surface area contributed by atoms with Crippen molar-refractivity contribution in [1.82, 2.24) is 4.57 Å². The Labute approximate surface area is 179 Å². The zero-order chi connectivity index (χ0) is 21.6. The molecule has 3 aromatic carbocycles. The third-order valence-electron chi connectivity index (χ3n) is 4.88. The maximum absolute atomic E-state index is 12.8. The fourth-order valence-corrected chi connectivity index (χ4v) is 3.31. The lowest BCUT2D eigenvalue weighted by atomic mass is 10.0. The predicted molar refractivity (Wildman–Crippen MR) is 121 cm³/mol. The summed E-state index contributed by atoms with van der Waals surface area (Å²) in [6, 6.07) is 28.4. The van der Waals surface area contributed by atoms with E-state index in [-0.39, 0.29) is 16.9 Å². The van der Waals surface area contributed by atoms with Crippen LogP contribution in [-0.4, -0.2) is 16.3 Å². The van der Waals surface area contributed by atoms with E-state index in [4.69, 9.17) is 0 Å². The highest BCUT2D eigenvalue weighted by atomic mass is 16.2. The Morgan fingerprint density at radius 1 is 0.742 bits per heavy atom. The number of carbonyl (C=O) groups excluding carboxylic acids is 2. The van der Waals surface area contributed by atoms with Gasteiger partial charge in [-0.3, -0.25) is 14.4 Å². The molecule has 4 rings (SSSR count). The summed E-state index contributed by atoms with van der Waals surface area (Å²) in [4.78, 5) is 38.3. The van der Waals surface area contributed by atoms with Crippen LogP contribution in [0.15, 0.2) is 108 Å². The van der Waals surface area contributed by atoms with Crippen LogP contribution in [0.1, 0.15) is 31.8 Å². The molecule has 1 N–H and O–H groups in total. The second-order valence-corrected chi connectivity index (χ2v) is 7.07. The SMILES string of the molecule is O=C(c1ccccc1)c1cccc(NC(=O)c2cccn(Cc3ccccc3)c2=O)c1. The molecule has 0 unspecified atom stereocenters. The van der Waals surface area contributed by atoms with Gasteiger partial charge in [-0.15, -0.1) is 0 Å². The second kappa shape index (κ2) is 9.05. The molecule has 152 valence electrons. The number of ketones is 1. The average molecular weight is 408 g/mol. The summed E-state index contributed by atoms with van der Waals surface area (Å²) >= 11 is 0. The van der Waals surface area contributed by atoms with E-state index in [9.17, 15) is 14.4 Å². The van der Waals surface area contributed by atoms with Crippen molar-refractivity contribution in [3.63, 3.8) is 0 Å². The third kappa shape index (κ3) is 4.67. The number of benzene rings is 3. The van der Waals surface area contributed by atoms with Crippen molar-refractivity contribution in [2.24, 2.45) is 0 Å². The van der Waals surface area contributed by atoms with Crippen LogP contribution in [0.25, 0.3) is 0 Å². The van der Waals surface area contributed by atoms with E-state index in [2.05, 4.69) is 5.32 Å². The van der Waals surface area contributed by atoms with Gasteiger partial charge in [0.25, 0.3) is 11.5 Å². The zero-order valence-electron chi connectivity index (χ0n) is 16.7. The molecule has 5 nitrogen and oxygen atoms in total. The molecular weight excluding hydrogens is 388 g/mol. The van der Waals surface area contributed by atoms with Crippen LogP contribution in [-0.2, 0) is 6.54 Å². The van der Waals surface area contributed by atoms with E-state index in [1.54, 1.807) is 60.8 Å². The Morgan fingerprint density at radius 2 is 1.42 bits per heavy atom. The van der Waals surface area contributed by atoms with Crippen molar-refractivity contribution in [3.05, 3.63) is 136 Å². The molecule has 4 aromatic rings. The Hall–Kier alpha value is -4.25. The molecule has 0 aliphatic rings. The Kier molecular flexibility index (Phi) is 5.85. The predicted octanol–water partition coefficient (Wildman–Crippen LogP) is 4.38. The molecule has 0 fully saturated rings. The van der Waals surface area contributed by atoms with E-state index in [0.717, 1.165) is 5.56 Å². The van der Waals surface area contributed by atoms with Crippen molar-refractivity contribution in [3.8, 4) is 0 Å². The number of nitrogens with zero attached hydrogens (tertiary/aromatic N) is 1. The van der Waals surface area contributed by atoms with Gasteiger partial charge in [-0.2, -0.15) is 0 Å². The van der Waals surface area contributed by atoms with Crippen molar-refractivity contribution in [2.75, 3.05) is 5.32 Å². The standard InChI is InChI=1S/C26H20N2O3/c29-24(20-11-5-2-6-12-20)21-13-7-14-22(17-21)27-25(30)23-15-8-16-28(26(23)31)18-19-9-3-1-4-10-19/h1-17H,18H2,(H,27,30). The van der Waals surface area contributed by atoms with Gasteiger partial charge in [0.2, 0.25) is 0 Å². The Bertz CT molecular complexity index is 1280. The molecule has 1 aromatic heterocycles. The minimum atomic E-state index is -0.517. The molecule has 0 aliphatic carbocycles. The Morgan fingerprint density at radius 3 is 2.16 bits per heavy atom. The van der Waals surface area contributed by atoms with Crippen molar-refractivity contribution < 1.29 is 9.59 Å². The van der Waals surface area contributed by atoms with Crippen LogP contribution in [0.2, 0.25) is 0 Å². The molecule has 5 heteroatoms. The van der Waals surface area contributed by atoms with Gasteiger partial charge in [-0.05, 0) is 29.8 Å². The van der Waals surface area contributed by atoms with Gasteiger partial charge >= 0.3 is 0 Å². The minimum absolute atomic E-state index is 0.0400. The lowest BCUT2D eigenvalue weighted by Gasteiger charge is -2.10. The highest BCUT2D eigenvalue weighted by molar-refractivity contribution is 6.10. The maximum atomic E-state index is 12.8. The molecular formula is C26H20N2O3. The number of aromatic nitrogens is 1. The van der Waals surface area contributed by atoms with Gasteiger partial charge < -0.3 is 9.88 Å². The first-order valence-corrected chi connectivity index (χ1v) is 9.86. The number of hydrogen-bond donors (Lipinski definition) is 1. The third-order valence-corrected chi connectivity index (χ3v) is 4.88. The van der Waals surface area contributed by atoms with Gasteiger partial charge in [0.1, 0.15) is 5.56 Å². The van der Waals surface area contributed by atoms with Gasteiger partial charge in [0, 0.05) is 23.0 Å². The summed E-state index contributed by atoms with van der Waals surface area (Å²) in [5.41, 5.74) is 2.11. The van der Waals surface area contributed by atoms with E-state index in [0.29, 0.717) is 23.4 Å². The van der Waals surface area contributed by atoms with E-state index in [1.165, 1.54) is 10.6 Å². The number of pyridine rings is 1. The van der Waals surface area contributed by atoms with Gasteiger partial charge in [0.05, 0.1) is 6.54 Å². The lowest BCUT2D eigenvalue weighted by Crippen LogP contribution is -2.29. The molecule has 31 heavy (non-hydrogen) atoms. The minimum Gasteiger partial charge on any atom is -0.322 e. The van der Waals surface area contributed by atoms with Crippen molar-refractivity contribution in [2.45, 2.75) is 6.54 Å². The monoisotopic (exact) mass is 408 g/mol. The van der Waals surface area contributed by atoms with E-state index < -0.39 is 5.91 Å². The lowest BCUT2D eigenvalue weighted by molar-refractivity contribution is 0.101. The molecule has 0 saturated carbocycles. The van der Waals surface area contributed by atoms with Crippen LogP contribution in [0.4, 0.5) is 5.69 Å². The van der Waals surface area contributed by atoms with Crippen LogP contribution in [0.3, 0.4) is 0 Å². The number of amides is 1. The zero-order valence-corrected chi connectivity index (χ0v) is 16.7. The summed E-state index contributed by atoms with van der Waals surface area (Å²) in [5, 5.41) is 2.73. The fourth-order valence-electron chi connectivity index (χ4n) is 3.31. The number of anilines is 1. The fraction of sp³-hybridized carbons (Fsp3) is 0.0385. The number of hydrogen-bond acceptors (Lipinski definition) is 3. The molecule has 0 atom stereocenters. The molecule has 0 spiro atoms. The summed E-state index contributed by atoms with van der Waals surface area (Å²) < 4.78 is 1.50. The summed E-state index contributed by atoms with van der Waals surface area (Å²) in [7, 11) is 0. The second-order valence-electron chi connectivity index (χ2n) is 7.07. The highest BCUT2D eigenvalue weighted by Gasteiger charge is 2.14.